The number of carbonyl (C=O) groups excluding carboxylic acids is 1. The molecule has 2 rings (SSSR count). The van der Waals surface area contributed by atoms with Crippen LogP contribution in [0, 0.1) is 0 Å². The van der Waals surface area contributed by atoms with Gasteiger partial charge in [-0.15, -0.1) is 0 Å². The van der Waals surface area contributed by atoms with Crippen molar-refractivity contribution in [2.24, 2.45) is 0 Å². The van der Waals surface area contributed by atoms with E-state index in [0.717, 1.165) is 10.9 Å². The minimum Gasteiger partial charge on any atom is -0.464 e. The molecule has 1 aromatic carbocycles. The van der Waals surface area contributed by atoms with Crippen LogP contribution in [0.3, 0.4) is 0 Å². The summed E-state index contributed by atoms with van der Waals surface area (Å²) < 4.78 is 6.93. The van der Waals surface area contributed by atoms with Gasteiger partial charge in [0.2, 0.25) is 0 Å². The number of para-hydroxylation sites is 1. The topological polar surface area (TPSA) is 51.5 Å². The van der Waals surface area contributed by atoms with Crippen LogP contribution in [0.1, 0.15) is 38.5 Å². The second-order valence-electron chi connectivity index (χ2n) is 4.76. The van der Waals surface area contributed by atoms with Crippen molar-refractivity contribution in [2.75, 3.05) is 6.61 Å². The Morgan fingerprint density at radius 2 is 2.05 bits per heavy atom. The third-order valence-electron chi connectivity index (χ3n) is 3.13. The number of aromatic nitrogens is 1. The van der Waals surface area contributed by atoms with E-state index in [1.54, 1.807) is 6.92 Å². The first-order valence-corrected chi connectivity index (χ1v) is 6.50. The summed E-state index contributed by atoms with van der Waals surface area (Å²) in [6.45, 7) is 6.11. The molecule has 1 aromatic heterocycles. The van der Waals surface area contributed by atoms with Gasteiger partial charge < -0.3 is 14.4 Å². The predicted molar refractivity (Wildman–Crippen MR) is 73.9 cm³/mol. The Labute approximate surface area is 112 Å². The fourth-order valence-corrected chi connectivity index (χ4v) is 2.23. The number of nitrogens with zero attached hydrogens (tertiary/aromatic N) is 1. The lowest BCUT2D eigenvalue weighted by atomic mass is 10.1. The van der Waals surface area contributed by atoms with Gasteiger partial charge in [0, 0.05) is 28.7 Å². The molecule has 0 amide bonds. The molecule has 0 aliphatic heterocycles. The maximum Gasteiger partial charge on any atom is 0.339 e. The highest BCUT2D eigenvalue weighted by Crippen LogP contribution is 2.29. The summed E-state index contributed by atoms with van der Waals surface area (Å²) in [4.78, 5) is 11.7. The van der Waals surface area contributed by atoms with E-state index in [0.29, 0.717) is 5.56 Å². The quantitative estimate of drug-likeness (QED) is 0.861. The first-order chi connectivity index (χ1) is 9.06. The highest BCUT2D eigenvalue weighted by atomic mass is 16.5. The van der Waals surface area contributed by atoms with Crippen molar-refractivity contribution in [3.63, 3.8) is 0 Å². The molecule has 1 N–H and O–H groups in total. The van der Waals surface area contributed by atoms with Crippen LogP contribution in [-0.2, 0) is 9.53 Å². The van der Waals surface area contributed by atoms with Crippen molar-refractivity contribution in [1.29, 1.82) is 0 Å². The standard InChI is InChI=1S/C15H19NO3/c1-4-19-15(18)14(17)12-9-16(10(2)3)13-8-6-5-7-11(12)13/h5-10,14,17H,4H2,1-3H3. The molecule has 1 atom stereocenters. The predicted octanol–water partition coefficient (Wildman–Crippen LogP) is 2.82. The molecule has 2 aromatic rings. The molecule has 0 bridgehead atoms. The maximum absolute atomic E-state index is 11.7. The molecule has 0 aliphatic carbocycles. The SMILES string of the molecule is CCOC(=O)C(O)c1cn(C(C)C)c2ccccc12. The number of fused-ring (bicyclic) bond motifs is 1. The van der Waals surface area contributed by atoms with E-state index in [2.05, 4.69) is 13.8 Å². The van der Waals surface area contributed by atoms with Crippen molar-refractivity contribution >= 4 is 16.9 Å². The average molecular weight is 261 g/mol. The number of rotatable bonds is 4. The third kappa shape index (κ3) is 2.49. The number of hydrogen-bond donors (Lipinski definition) is 1. The van der Waals surface area contributed by atoms with Gasteiger partial charge >= 0.3 is 5.97 Å². The van der Waals surface area contributed by atoms with Gasteiger partial charge in [0.1, 0.15) is 0 Å². The van der Waals surface area contributed by atoms with Crippen LogP contribution in [0.5, 0.6) is 0 Å². The lowest BCUT2D eigenvalue weighted by molar-refractivity contribution is -0.153. The second kappa shape index (κ2) is 5.45. The van der Waals surface area contributed by atoms with Crippen LogP contribution < -0.4 is 0 Å². The Kier molecular flexibility index (Phi) is 3.90. The molecule has 1 heterocycles. The summed E-state index contributed by atoms with van der Waals surface area (Å²) in [7, 11) is 0. The molecule has 102 valence electrons. The fraction of sp³-hybridized carbons (Fsp3) is 0.400. The van der Waals surface area contributed by atoms with Gasteiger partial charge in [-0.25, -0.2) is 4.79 Å². The summed E-state index contributed by atoms with van der Waals surface area (Å²) in [6.07, 6.45) is 0.599. The Balaban J connectivity index is 2.52. The van der Waals surface area contributed by atoms with E-state index >= 15 is 0 Å². The molecule has 4 heteroatoms. The number of hydrogen-bond acceptors (Lipinski definition) is 3. The number of carbonyl (C=O) groups is 1. The van der Waals surface area contributed by atoms with Crippen LogP contribution in [0.2, 0.25) is 0 Å². The molecule has 0 radical (unpaired) electrons. The van der Waals surface area contributed by atoms with Crippen molar-refractivity contribution < 1.29 is 14.6 Å². The van der Waals surface area contributed by atoms with E-state index < -0.39 is 12.1 Å². The third-order valence-corrected chi connectivity index (χ3v) is 3.13. The lowest BCUT2D eigenvalue weighted by Gasteiger charge is -2.09. The van der Waals surface area contributed by atoms with Crippen LogP contribution in [0.15, 0.2) is 30.5 Å². The molecule has 0 fully saturated rings. The van der Waals surface area contributed by atoms with Crippen LogP contribution in [0.4, 0.5) is 0 Å². The van der Waals surface area contributed by atoms with Crippen molar-refractivity contribution in [3.8, 4) is 0 Å². The van der Waals surface area contributed by atoms with Crippen molar-refractivity contribution in [1.82, 2.24) is 4.57 Å². The van der Waals surface area contributed by atoms with Gasteiger partial charge in [0.15, 0.2) is 6.10 Å². The van der Waals surface area contributed by atoms with Crippen molar-refractivity contribution in [2.45, 2.75) is 32.9 Å². The Morgan fingerprint density at radius 1 is 1.37 bits per heavy atom. The summed E-state index contributed by atoms with van der Waals surface area (Å²) >= 11 is 0. The second-order valence-corrected chi connectivity index (χ2v) is 4.76. The number of ether oxygens (including phenoxy) is 1. The summed E-state index contributed by atoms with van der Waals surface area (Å²) in [6, 6.07) is 7.99. The van der Waals surface area contributed by atoms with Crippen LogP contribution >= 0.6 is 0 Å². The number of aliphatic hydroxyl groups is 1. The van der Waals surface area contributed by atoms with Crippen LogP contribution in [0.25, 0.3) is 10.9 Å². The summed E-state index contributed by atoms with van der Waals surface area (Å²) in [5.74, 6) is -0.603. The number of benzene rings is 1. The highest BCUT2D eigenvalue weighted by Gasteiger charge is 2.23. The summed E-state index contributed by atoms with van der Waals surface area (Å²) in [5.41, 5.74) is 1.61. The molecule has 4 nitrogen and oxygen atoms in total. The first-order valence-electron chi connectivity index (χ1n) is 6.50. The van der Waals surface area contributed by atoms with Gasteiger partial charge in [0.25, 0.3) is 0 Å². The Hall–Kier alpha value is -1.81. The van der Waals surface area contributed by atoms with Crippen molar-refractivity contribution in [3.05, 3.63) is 36.0 Å². The number of aliphatic hydroxyl groups excluding tert-OH is 1. The summed E-state index contributed by atoms with van der Waals surface area (Å²) in [5, 5.41) is 11.0. The van der Waals surface area contributed by atoms with E-state index in [-0.39, 0.29) is 12.6 Å². The molecule has 1 unspecified atom stereocenters. The zero-order chi connectivity index (χ0) is 14.0. The molecule has 0 spiro atoms. The van der Waals surface area contributed by atoms with E-state index in [4.69, 9.17) is 4.74 Å². The van der Waals surface area contributed by atoms with Gasteiger partial charge in [-0.3, -0.25) is 0 Å². The number of esters is 1. The minimum atomic E-state index is -1.23. The highest BCUT2D eigenvalue weighted by molar-refractivity contribution is 5.89. The molecular weight excluding hydrogens is 242 g/mol. The molecule has 19 heavy (non-hydrogen) atoms. The van der Waals surface area contributed by atoms with Gasteiger partial charge in [-0.1, -0.05) is 18.2 Å². The molecule has 0 saturated carbocycles. The van der Waals surface area contributed by atoms with E-state index in [1.807, 2.05) is 35.0 Å². The molecule has 0 aliphatic rings. The van der Waals surface area contributed by atoms with Gasteiger partial charge in [-0.2, -0.15) is 0 Å². The Morgan fingerprint density at radius 3 is 2.68 bits per heavy atom. The zero-order valence-electron chi connectivity index (χ0n) is 11.5. The normalized spacial score (nSPS) is 12.9. The molecule has 0 saturated heterocycles. The van der Waals surface area contributed by atoms with Gasteiger partial charge in [-0.05, 0) is 26.8 Å². The first kappa shape index (κ1) is 13.6. The monoisotopic (exact) mass is 261 g/mol. The van der Waals surface area contributed by atoms with E-state index in [1.165, 1.54) is 0 Å². The molecular formula is C15H19NO3. The minimum absolute atomic E-state index is 0.257. The zero-order valence-corrected chi connectivity index (χ0v) is 11.5. The fourth-order valence-electron chi connectivity index (χ4n) is 2.23. The maximum atomic E-state index is 11.7. The van der Waals surface area contributed by atoms with E-state index in [9.17, 15) is 9.90 Å². The smallest absolute Gasteiger partial charge is 0.339 e. The Bertz CT molecular complexity index is 586. The average Bonchev–Trinajstić information content (AvgIpc) is 2.78. The largest absolute Gasteiger partial charge is 0.464 e. The van der Waals surface area contributed by atoms with Gasteiger partial charge in [0.05, 0.1) is 6.61 Å². The lowest BCUT2D eigenvalue weighted by Crippen LogP contribution is -2.15. The van der Waals surface area contributed by atoms with Crippen LogP contribution in [-0.4, -0.2) is 22.2 Å².